The van der Waals surface area contributed by atoms with Crippen molar-refractivity contribution in [2.75, 3.05) is 13.7 Å². The minimum atomic E-state index is -0.425. The fourth-order valence-electron chi connectivity index (χ4n) is 10.8. The first-order valence-electron chi connectivity index (χ1n) is 18.6. The van der Waals surface area contributed by atoms with Crippen molar-refractivity contribution in [1.29, 1.82) is 0 Å². The van der Waals surface area contributed by atoms with E-state index in [2.05, 4.69) is 31.4 Å². The Morgan fingerprint density at radius 2 is 1.73 bits per heavy atom. The van der Waals surface area contributed by atoms with Crippen molar-refractivity contribution in [2.24, 2.45) is 46.3 Å². The lowest BCUT2D eigenvalue weighted by Gasteiger charge is -2.63. The Bertz CT molecular complexity index is 1240. The Balaban J connectivity index is 1.06. The van der Waals surface area contributed by atoms with Crippen LogP contribution in [0.4, 0.5) is 4.79 Å². The van der Waals surface area contributed by atoms with Crippen LogP contribution in [0, 0.1) is 46.3 Å². The Labute approximate surface area is 287 Å². The van der Waals surface area contributed by atoms with E-state index in [4.69, 9.17) is 9.47 Å². The number of nitrogens with one attached hydrogen (secondary N) is 2. The number of hydrogen-bond donors (Lipinski definition) is 4. The Kier molecular flexibility index (Phi) is 12.1. The van der Waals surface area contributed by atoms with Gasteiger partial charge in [-0.3, -0.25) is 9.59 Å². The van der Waals surface area contributed by atoms with Crippen LogP contribution in [0.2, 0.25) is 0 Å². The van der Waals surface area contributed by atoms with Gasteiger partial charge in [0.05, 0.1) is 19.3 Å². The van der Waals surface area contributed by atoms with Crippen LogP contribution in [0.5, 0.6) is 0 Å². The van der Waals surface area contributed by atoms with E-state index in [0.717, 1.165) is 76.2 Å². The monoisotopic (exact) mass is 668 g/mol. The van der Waals surface area contributed by atoms with Crippen LogP contribution in [0.15, 0.2) is 30.3 Å². The summed E-state index contributed by atoms with van der Waals surface area (Å²) in [7, 11) is 1.43. The van der Waals surface area contributed by atoms with Gasteiger partial charge in [0, 0.05) is 25.4 Å². The van der Waals surface area contributed by atoms with Gasteiger partial charge < -0.3 is 30.3 Å². The molecule has 4 fully saturated rings. The summed E-state index contributed by atoms with van der Waals surface area (Å²) >= 11 is 0. The lowest BCUT2D eigenvalue weighted by molar-refractivity contribution is -0.202. The number of fused-ring (bicyclic) bond motifs is 5. The molecule has 11 atom stereocenters. The van der Waals surface area contributed by atoms with Crippen LogP contribution in [0.1, 0.15) is 110 Å². The molecule has 0 aliphatic heterocycles. The number of methoxy groups -OCH3 is 1. The molecule has 0 spiro atoms. The zero-order chi connectivity index (χ0) is 34.5. The van der Waals surface area contributed by atoms with E-state index < -0.39 is 18.3 Å². The second-order valence-corrected chi connectivity index (χ2v) is 16.0. The van der Waals surface area contributed by atoms with E-state index in [0.29, 0.717) is 37.1 Å². The number of carbonyl (C=O) groups is 3. The smallest absolute Gasteiger partial charge is 0.407 e. The second kappa shape index (κ2) is 15.9. The van der Waals surface area contributed by atoms with Crippen molar-refractivity contribution in [2.45, 2.75) is 129 Å². The molecule has 48 heavy (non-hydrogen) atoms. The normalized spacial score (nSPS) is 36.1. The third-order valence-electron chi connectivity index (χ3n) is 13.5. The molecule has 4 aliphatic rings. The molecule has 4 saturated carbocycles. The molecule has 9 nitrogen and oxygen atoms in total. The van der Waals surface area contributed by atoms with Crippen molar-refractivity contribution in [3.05, 3.63) is 35.9 Å². The molecule has 0 saturated heterocycles. The topological polar surface area (TPSA) is 134 Å². The van der Waals surface area contributed by atoms with E-state index >= 15 is 0 Å². The van der Waals surface area contributed by atoms with Crippen LogP contribution >= 0.6 is 0 Å². The lowest BCUT2D eigenvalue weighted by atomic mass is 9.43. The first-order chi connectivity index (χ1) is 23.0. The molecule has 0 bridgehead atoms. The fraction of sp³-hybridized carbons (Fsp3) is 0.769. The maximum Gasteiger partial charge on any atom is 0.407 e. The highest BCUT2D eigenvalue weighted by Gasteiger charge is 2.65. The van der Waals surface area contributed by atoms with Gasteiger partial charge in [-0.25, -0.2) is 4.79 Å². The highest BCUT2D eigenvalue weighted by molar-refractivity contribution is 5.76. The zero-order valence-corrected chi connectivity index (χ0v) is 29.6. The predicted molar refractivity (Wildman–Crippen MR) is 183 cm³/mol. The van der Waals surface area contributed by atoms with Gasteiger partial charge in [-0.2, -0.15) is 0 Å². The number of benzene rings is 1. The average Bonchev–Trinajstić information content (AvgIpc) is 3.44. The summed E-state index contributed by atoms with van der Waals surface area (Å²) in [6.07, 6.45) is 9.13. The minimum absolute atomic E-state index is 0.0390. The highest BCUT2D eigenvalue weighted by Crippen LogP contribution is 2.68. The third-order valence-corrected chi connectivity index (χ3v) is 13.5. The Morgan fingerprint density at radius 1 is 0.958 bits per heavy atom. The molecule has 0 unspecified atom stereocenters. The van der Waals surface area contributed by atoms with Crippen LogP contribution in [-0.4, -0.2) is 60.1 Å². The number of hydrogen-bond acceptors (Lipinski definition) is 7. The van der Waals surface area contributed by atoms with Gasteiger partial charge in [0.2, 0.25) is 5.91 Å². The van der Waals surface area contributed by atoms with Gasteiger partial charge in [0.1, 0.15) is 6.61 Å². The summed E-state index contributed by atoms with van der Waals surface area (Å²) in [6, 6.07) is 9.69. The standard InChI is InChI=1S/C39H60N2O7/c1-25(14-17-35(45)47-4)29-15-16-30-36-31(23-33(43)39(29,30)3)38(2)19-18-28(21-27(38)22-32(36)42)41-34(44)13-9-6-10-20-40-37(46)48-24-26-11-7-5-8-12-26/h5,7-8,11-12,25,27-33,36,42-43H,6,9-10,13-24H2,1-4H3,(H,40,46)(H,41,44)/t25-,27+,28+,29-,30+,31+,32-,33+,36+,38+,39-/m1/s1. The first-order valence-corrected chi connectivity index (χ1v) is 18.6. The molecule has 1 aromatic rings. The lowest BCUT2D eigenvalue weighted by Crippen LogP contribution is -2.63. The summed E-state index contributed by atoms with van der Waals surface area (Å²) in [5.74, 6) is 1.57. The molecule has 2 amide bonds. The number of esters is 1. The highest BCUT2D eigenvalue weighted by atomic mass is 16.5. The summed E-state index contributed by atoms with van der Waals surface area (Å²) in [4.78, 5) is 36.7. The maximum atomic E-state index is 12.9. The zero-order valence-electron chi connectivity index (χ0n) is 29.6. The molecule has 0 aromatic heterocycles. The van der Waals surface area contributed by atoms with Gasteiger partial charge in [0.25, 0.3) is 0 Å². The van der Waals surface area contributed by atoms with E-state index in [-0.39, 0.29) is 53.1 Å². The molecule has 0 heterocycles. The molecular formula is C39H60N2O7. The summed E-state index contributed by atoms with van der Waals surface area (Å²) < 4.78 is 10.1. The largest absolute Gasteiger partial charge is 0.469 e. The van der Waals surface area contributed by atoms with Crippen molar-refractivity contribution < 1.29 is 34.1 Å². The summed E-state index contributed by atoms with van der Waals surface area (Å²) in [5, 5.41) is 29.7. The van der Waals surface area contributed by atoms with Gasteiger partial charge in [-0.15, -0.1) is 0 Å². The number of amides is 2. The quantitative estimate of drug-likeness (QED) is 0.146. The van der Waals surface area contributed by atoms with Gasteiger partial charge in [-0.1, -0.05) is 57.5 Å². The maximum absolute atomic E-state index is 12.9. The molecule has 4 aliphatic carbocycles. The van der Waals surface area contributed by atoms with Crippen molar-refractivity contribution in [3.8, 4) is 0 Å². The van der Waals surface area contributed by atoms with Crippen LogP contribution < -0.4 is 10.6 Å². The van der Waals surface area contributed by atoms with E-state index in [1.54, 1.807) is 0 Å². The molecule has 9 heteroatoms. The number of carbonyl (C=O) groups excluding carboxylic acids is 3. The predicted octanol–water partition coefficient (Wildman–Crippen LogP) is 6.15. The number of unbranched alkanes of at least 4 members (excludes halogenated alkanes) is 2. The molecular weight excluding hydrogens is 608 g/mol. The molecule has 4 N–H and O–H groups in total. The molecule has 5 rings (SSSR count). The van der Waals surface area contributed by atoms with Crippen LogP contribution in [0.3, 0.4) is 0 Å². The van der Waals surface area contributed by atoms with E-state index in [1.165, 1.54) is 7.11 Å². The molecule has 0 radical (unpaired) electrons. The number of aliphatic hydroxyl groups excluding tert-OH is 2. The third kappa shape index (κ3) is 7.88. The van der Waals surface area contributed by atoms with E-state index in [1.807, 2.05) is 30.3 Å². The average molecular weight is 669 g/mol. The van der Waals surface area contributed by atoms with Gasteiger partial charge in [-0.05, 0) is 116 Å². The number of rotatable bonds is 13. The molecule has 1 aromatic carbocycles. The summed E-state index contributed by atoms with van der Waals surface area (Å²) in [5.41, 5.74) is 0.731. The Hall–Kier alpha value is -2.65. The second-order valence-electron chi connectivity index (χ2n) is 16.0. The van der Waals surface area contributed by atoms with E-state index in [9.17, 15) is 24.6 Å². The summed E-state index contributed by atoms with van der Waals surface area (Å²) in [6.45, 7) is 7.64. The number of ether oxygens (including phenoxy) is 2. The van der Waals surface area contributed by atoms with Gasteiger partial charge in [0.15, 0.2) is 0 Å². The number of alkyl carbamates (subject to hydrolysis) is 1. The van der Waals surface area contributed by atoms with Crippen LogP contribution in [-0.2, 0) is 25.7 Å². The van der Waals surface area contributed by atoms with Crippen molar-refractivity contribution >= 4 is 18.0 Å². The Morgan fingerprint density at radius 3 is 2.48 bits per heavy atom. The SMILES string of the molecule is COC(=O)CC[C@@H](C)[C@H]1CC[C@H]2[C@@H]3[C@H](O)C[C@@H]4C[C@@H](NC(=O)CCCCCNC(=O)OCc5ccccc5)CC[C@]4(C)[C@H]3C[C@H](O)[C@]12C. The minimum Gasteiger partial charge on any atom is -0.469 e. The number of aliphatic hydroxyl groups is 2. The molecule has 268 valence electrons. The van der Waals surface area contributed by atoms with Crippen molar-refractivity contribution in [1.82, 2.24) is 10.6 Å². The van der Waals surface area contributed by atoms with Gasteiger partial charge >= 0.3 is 12.1 Å². The fourth-order valence-corrected chi connectivity index (χ4v) is 10.8. The van der Waals surface area contributed by atoms with Crippen molar-refractivity contribution in [3.63, 3.8) is 0 Å². The van der Waals surface area contributed by atoms with Crippen LogP contribution in [0.25, 0.3) is 0 Å². The first kappa shape index (κ1) is 36.6.